The van der Waals surface area contributed by atoms with E-state index in [0.717, 1.165) is 23.8 Å². The number of fused-ring (bicyclic) bond motifs is 1. The number of sulfonamides is 1. The molecule has 0 aliphatic carbocycles. The lowest BCUT2D eigenvalue weighted by molar-refractivity contribution is -0.117. The molecule has 0 aromatic heterocycles. The molecule has 2 aromatic rings. The Bertz CT molecular complexity index is 911. The van der Waals surface area contributed by atoms with E-state index in [0.29, 0.717) is 11.6 Å². The van der Waals surface area contributed by atoms with Gasteiger partial charge in [-0.3, -0.25) is 4.79 Å². The SMILES string of the molecule is CC(C)c1ccc(NC(=O)[C@@H]2Nc3cc(F)ccc3S(=O)(=O)N2)cc1. The third-order valence-electron chi connectivity index (χ3n) is 3.91. The Morgan fingerprint density at radius 3 is 2.48 bits per heavy atom. The van der Waals surface area contributed by atoms with E-state index in [4.69, 9.17) is 0 Å². The van der Waals surface area contributed by atoms with Crippen LogP contribution in [-0.4, -0.2) is 20.5 Å². The van der Waals surface area contributed by atoms with Crippen molar-refractivity contribution in [2.45, 2.75) is 30.8 Å². The van der Waals surface area contributed by atoms with Crippen LogP contribution in [0.15, 0.2) is 47.4 Å². The number of nitrogens with one attached hydrogen (secondary N) is 3. The number of halogens is 1. The van der Waals surface area contributed by atoms with Crippen molar-refractivity contribution >= 4 is 27.3 Å². The van der Waals surface area contributed by atoms with Crippen LogP contribution in [0.3, 0.4) is 0 Å². The summed E-state index contributed by atoms with van der Waals surface area (Å²) in [5.41, 5.74) is 1.72. The average molecular weight is 363 g/mol. The number of anilines is 2. The van der Waals surface area contributed by atoms with Crippen molar-refractivity contribution in [1.29, 1.82) is 0 Å². The van der Waals surface area contributed by atoms with Crippen LogP contribution in [0.2, 0.25) is 0 Å². The van der Waals surface area contributed by atoms with Crippen molar-refractivity contribution in [2.75, 3.05) is 10.6 Å². The first-order valence-corrected chi connectivity index (χ1v) is 9.24. The Hall–Kier alpha value is -2.45. The smallest absolute Gasteiger partial charge is 0.262 e. The van der Waals surface area contributed by atoms with Crippen LogP contribution in [-0.2, 0) is 14.8 Å². The quantitative estimate of drug-likeness (QED) is 0.782. The average Bonchev–Trinajstić information content (AvgIpc) is 2.54. The predicted octanol–water partition coefficient (Wildman–Crippen LogP) is 2.62. The molecule has 8 heteroatoms. The Morgan fingerprint density at radius 2 is 1.84 bits per heavy atom. The highest BCUT2D eigenvalue weighted by Crippen LogP contribution is 2.27. The summed E-state index contributed by atoms with van der Waals surface area (Å²) in [7, 11) is -3.90. The third kappa shape index (κ3) is 3.64. The molecule has 0 saturated heterocycles. The fourth-order valence-electron chi connectivity index (χ4n) is 2.54. The Kier molecular flexibility index (Phi) is 4.49. The molecule has 3 rings (SSSR count). The highest BCUT2D eigenvalue weighted by molar-refractivity contribution is 7.89. The summed E-state index contributed by atoms with van der Waals surface area (Å²) in [4.78, 5) is 12.3. The maximum atomic E-state index is 13.4. The summed E-state index contributed by atoms with van der Waals surface area (Å²) < 4.78 is 40.0. The van der Waals surface area contributed by atoms with E-state index in [1.807, 2.05) is 12.1 Å². The van der Waals surface area contributed by atoms with Crippen LogP contribution < -0.4 is 15.4 Å². The molecule has 1 aliphatic heterocycles. The van der Waals surface area contributed by atoms with E-state index in [1.165, 1.54) is 0 Å². The summed E-state index contributed by atoms with van der Waals surface area (Å²) in [5.74, 6) is -0.814. The van der Waals surface area contributed by atoms with Gasteiger partial charge in [0.1, 0.15) is 10.7 Å². The molecule has 0 unspecified atom stereocenters. The fraction of sp³-hybridized carbons (Fsp3) is 0.235. The molecule has 2 aromatic carbocycles. The fourth-order valence-corrected chi connectivity index (χ4v) is 3.80. The lowest BCUT2D eigenvalue weighted by Gasteiger charge is -2.27. The lowest BCUT2D eigenvalue weighted by atomic mass is 10.0. The van der Waals surface area contributed by atoms with Crippen LogP contribution in [0.25, 0.3) is 0 Å². The molecule has 0 saturated carbocycles. The molecule has 25 heavy (non-hydrogen) atoms. The Morgan fingerprint density at radius 1 is 1.16 bits per heavy atom. The van der Waals surface area contributed by atoms with Crippen molar-refractivity contribution in [3.8, 4) is 0 Å². The second kappa shape index (κ2) is 6.45. The molecule has 0 bridgehead atoms. The molecule has 3 N–H and O–H groups in total. The van der Waals surface area contributed by atoms with Crippen molar-refractivity contribution in [1.82, 2.24) is 4.72 Å². The zero-order chi connectivity index (χ0) is 18.2. The molecule has 0 spiro atoms. The van der Waals surface area contributed by atoms with E-state index in [1.54, 1.807) is 12.1 Å². The highest BCUT2D eigenvalue weighted by Gasteiger charge is 2.33. The molecule has 1 atom stereocenters. The number of carbonyl (C=O) groups excluding carboxylic acids is 1. The van der Waals surface area contributed by atoms with Gasteiger partial charge in [0.25, 0.3) is 5.91 Å². The molecule has 1 aliphatic rings. The van der Waals surface area contributed by atoms with E-state index in [-0.39, 0.29) is 10.6 Å². The van der Waals surface area contributed by atoms with Gasteiger partial charge >= 0.3 is 0 Å². The van der Waals surface area contributed by atoms with Gasteiger partial charge < -0.3 is 10.6 Å². The first-order chi connectivity index (χ1) is 11.8. The van der Waals surface area contributed by atoms with Crippen LogP contribution >= 0.6 is 0 Å². The van der Waals surface area contributed by atoms with Gasteiger partial charge in [-0.15, -0.1) is 0 Å². The first-order valence-electron chi connectivity index (χ1n) is 7.75. The topological polar surface area (TPSA) is 87.3 Å². The molecule has 0 radical (unpaired) electrons. The maximum Gasteiger partial charge on any atom is 0.262 e. The molecule has 0 fully saturated rings. The number of amides is 1. The lowest BCUT2D eigenvalue weighted by Crippen LogP contribution is -2.51. The maximum absolute atomic E-state index is 13.4. The zero-order valence-electron chi connectivity index (χ0n) is 13.7. The summed E-state index contributed by atoms with van der Waals surface area (Å²) in [6.07, 6.45) is -1.23. The van der Waals surface area contributed by atoms with Crippen LogP contribution in [0, 0.1) is 5.82 Å². The summed E-state index contributed by atoms with van der Waals surface area (Å²) in [5, 5.41) is 5.34. The van der Waals surface area contributed by atoms with E-state index < -0.39 is 27.9 Å². The number of rotatable bonds is 3. The minimum absolute atomic E-state index is 0.0501. The van der Waals surface area contributed by atoms with Crippen LogP contribution in [0.4, 0.5) is 15.8 Å². The molecule has 6 nitrogen and oxygen atoms in total. The summed E-state index contributed by atoms with van der Waals surface area (Å²) in [6, 6.07) is 10.5. The molecule has 132 valence electrons. The predicted molar refractivity (Wildman–Crippen MR) is 93.3 cm³/mol. The van der Waals surface area contributed by atoms with Crippen molar-refractivity contribution < 1.29 is 17.6 Å². The van der Waals surface area contributed by atoms with E-state index >= 15 is 0 Å². The number of hydrogen-bond donors (Lipinski definition) is 3. The minimum Gasteiger partial charge on any atom is -0.360 e. The monoisotopic (exact) mass is 363 g/mol. The van der Waals surface area contributed by atoms with Gasteiger partial charge in [0.2, 0.25) is 10.0 Å². The third-order valence-corrected chi connectivity index (χ3v) is 5.39. The van der Waals surface area contributed by atoms with Crippen LogP contribution in [0.5, 0.6) is 0 Å². The van der Waals surface area contributed by atoms with Gasteiger partial charge in [-0.05, 0) is 41.8 Å². The van der Waals surface area contributed by atoms with E-state index in [9.17, 15) is 17.6 Å². The standard InChI is InChI=1S/C17H18FN3O3S/c1-10(2)11-3-6-13(7-4-11)19-17(22)16-20-14-9-12(18)5-8-15(14)25(23,24)21-16/h3-10,16,20-21H,1-2H3,(H,19,22)/t16-/m1/s1. The molecule has 1 amide bonds. The van der Waals surface area contributed by atoms with Crippen molar-refractivity contribution in [3.05, 3.63) is 53.8 Å². The van der Waals surface area contributed by atoms with E-state index in [2.05, 4.69) is 29.2 Å². The first kappa shape index (κ1) is 17.4. The second-order valence-corrected chi connectivity index (χ2v) is 7.79. The Labute approximate surface area is 145 Å². The van der Waals surface area contributed by atoms with Gasteiger partial charge in [0, 0.05) is 5.69 Å². The molecular formula is C17H18FN3O3S. The van der Waals surface area contributed by atoms with Crippen molar-refractivity contribution in [2.24, 2.45) is 0 Å². The van der Waals surface area contributed by atoms with Gasteiger partial charge in [-0.2, -0.15) is 4.72 Å². The van der Waals surface area contributed by atoms with Crippen LogP contribution in [0.1, 0.15) is 25.3 Å². The van der Waals surface area contributed by atoms with Gasteiger partial charge in [0.05, 0.1) is 5.69 Å². The highest BCUT2D eigenvalue weighted by atomic mass is 32.2. The zero-order valence-corrected chi connectivity index (χ0v) is 14.5. The second-order valence-electron chi connectivity index (χ2n) is 6.11. The minimum atomic E-state index is -3.90. The number of benzene rings is 2. The summed E-state index contributed by atoms with van der Waals surface area (Å²) in [6.45, 7) is 4.12. The number of carbonyl (C=O) groups is 1. The molecule has 1 heterocycles. The van der Waals surface area contributed by atoms with Crippen molar-refractivity contribution in [3.63, 3.8) is 0 Å². The summed E-state index contributed by atoms with van der Waals surface area (Å²) >= 11 is 0. The number of hydrogen-bond acceptors (Lipinski definition) is 4. The van der Waals surface area contributed by atoms with Gasteiger partial charge in [0.15, 0.2) is 6.17 Å². The molecular weight excluding hydrogens is 345 g/mol. The largest absolute Gasteiger partial charge is 0.360 e. The van der Waals surface area contributed by atoms with Gasteiger partial charge in [-0.1, -0.05) is 26.0 Å². The Balaban J connectivity index is 1.79. The van der Waals surface area contributed by atoms with Gasteiger partial charge in [-0.25, -0.2) is 12.8 Å². The normalized spacial score (nSPS) is 18.3.